The summed E-state index contributed by atoms with van der Waals surface area (Å²) < 4.78 is 0. The van der Waals surface area contributed by atoms with Gasteiger partial charge in [-0.15, -0.1) is 0 Å². The van der Waals surface area contributed by atoms with Crippen molar-refractivity contribution in [2.75, 3.05) is 18.0 Å². The molecule has 1 fully saturated rings. The van der Waals surface area contributed by atoms with Crippen LogP contribution in [0.4, 0.5) is 5.69 Å². The maximum Gasteiger partial charge on any atom is 0.103 e. The molecule has 1 N–H and O–H groups in total. The molecule has 1 saturated heterocycles. The lowest BCUT2D eigenvalue weighted by molar-refractivity contribution is 0.552. The van der Waals surface area contributed by atoms with Gasteiger partial charge in [0.05, 0.1) is 16.3 Å². The molecule has 19 heavy (non-hydrogen) atoms. The molecular weight excluding hydrogens is 258 g/mol. The molecular formula is C15H20ClN3. The van der Waals surface area contributed by atoms with Crippen LogP contribution < -0.4 is 10.2 Å². The van der Waals surface area contributed by atoms with E-state index in [1.165, 1.54) is 12.8 Å². The highest BCUT2D eigenvalue weighted by atomic mass is 35.5. The van der Waals surface area contributed by atoms with Gasteiger partial charge in [0.25, 0.3) is 0 Å². The predicted molar refractivity (Wildman–Crippen MR) is 79.7 cm³/mol. The van der Waals surface area contributed by atoms with Crippen LogP contribution in [-0.2, 0) is 0 Å². The Morgan fingerprint density at radius 1 is 1.53 bits per heavy atom. The summed E-state index contributed by atoms with van der Waals surface area (Å²) in [7, 11) is 0. The first-order valence-corrected chi connectivity index (χ1v) is 7.20. The zero-order valence-electron chi connectivity index (χ0n) is 11.5. The van der Waals surface area contributed by atoms with Crippen molar-refractivity contribution in [1.82, 2.24) is 5.32 Å². The molecule has 1 unspecified atom stereocenters. The summed E-state index contributed by atoms with van der Waals surface area (Å²) in [6, 6.07) is 8.75. The van der Waals surface area contributed by atoms with E-state index in [4.69, 9.17) is 11.6 Å². The van der Waals surface area contributed by atoms with Crippen molar-refractivity contribution in [3.05, 3.63) is 28.8 Å². The fourth-order valence-corrected chi connectivity index (χ4v) is 2.81. The van der Waals surface area contributed by atoms with Gasteiger partial charge >= 0.3 is 0 Å². The van der Waals surface area contributed by atoms with E-state index in [9.17, 15) is 5.26 Å². The van der Waals surface area contributed by atoms with Crippen LogP contribution in [0, 0.1) is 11.3 Å². The zero-order valence-corrected chi connectivity index (χ0v) is 12.2. The molecule has 3 nitrogen and oxygen atoms in total. The van der Waals surface area contributed by atoms with Gasteiger partial charge in [0.2, 0.25) is 0 Å². The third-order valence-corrected chi connectivity index (χ3v) is 3.93. The molecule has 102 valence electrons. The summed E-state index contributed by atoms with van der Waals surface area (Å²) in [5.41, 5.74) is 1.52. The van der Waals surface area contributed by atoms with Crippen LogP contribution >= 0.6 is 11.6 Å². The van der Waals surface area contributed by atoms with Crippen molar-refractivity contribution >= 4 is 17.3 Å². The first-order valence-electron chi connectivity index (χ1n) is 6.82. The van der Waals surface area contributed by atoms with Crippen LogP contribution in [0.3, 0.4) is 0 Å². The van der Waals surface area contributed by atoms with Gasteiger partial charge in [0.15, 0.2) is 0 Å². The van der Waals surface area contributed by atoms with Gasteiger partial charge in [-0.25, -0.2) is 0 Å². The van der Waals surface area contributed by atoms with Crippen molar-refractivity contribution in [3.63, 3.8) is 0 Å². The number of nitrogens with one attached hydrogen (secondary N) is 1. The average Bonchev–Trinajstić information content (AvgIpc) is 2.88. The Bertz CT molecular complexity index is 473. The summed E-state index contributed by atoms with van der Waals surface area (Å²) >= 11 is 6.13. The summed E-state index contributed by atoms with van der Waals surface area (Å²) in [6.07, 6.45) is 2.43. The highest BCUT2D eigenvalue weighted by molar-refractivity contribution is 6.32. The van der Waals surface area contributed by atoms with Gasteiger partial charge in [-0.3, -0.25) is 0 Å². The Hall–Kier alpha value is -1.24. The third kappa shape index (κ3) is 3.20. The molecule has 0 bridgehead atoms. The highest BCUT2D eigenvalue weighted by Crippen LogP contribution is 2.28. The molecule has 2 rings (SSSR count). The van der Waals surface area contributed by atoms with Crippen LogP contribution in [0.2, 0.25) is 5.02 Å². The minimum atomic E-state index is 0.341. The molecule has 0 aliphatic carbocycles. The summed E-state index contributed by atoms with van der Waals surface area (Å²) in [5, 5.41) is 13.4. The van der Waals surface area contributed by atoms with Gasteiger partial charge in [-0.05, 0) is 45.4 Å². The number of rotatable bonds is 4. The fourth-order valence-electron chi connectivity index (χ4n) is 2.60. The molecule has 1 aromatic carbocycles. The molecule has 0 saturated carbocycles. The minimum Gasteiger partial charge on any atom is -0.366 e. The largest absolute Gasteiger partial charge is 0.366 e. The summed E-state index contributed by atoms with van der Waals surface area (Å²) in [5.74, 6) is 0. The molecule has 1 aromatic rings. The molecule has 4 heteroatoms. The van der Waals surface area contributed by atoms with Crippen molar-refractivity contribution < 1.29 is 0 Å². The topological polar surface area (TPSA) is 39.1 Å². The van der Waals surface area contributed by atoms with Crippen LogP contribution in [0.5, 0.6) is 0 Å². The van der Waals surface area contributed by atoms with Gasteiger partial charge in [0.1, 0.15) is 6.07 Å². The number of nitriles is 1. The standard InChI is InChI=1S/C15H20ClN3/c1-11(2)19(10-12-5-4-8-18-12)15-7-3-6-14(16)13(15)9-17/h3,6-7,11-12,18H,4-5,8,10H2,1-2H3. The van der Waals surface area contributed by atoms with E-state index in [1.807, 2.05) is 12.1 Å². The maximum atomic E-state index is 9.31. The Balaban J connectivity index is 2.28. The van der Waals surface area contributed by atoms with E-state index in [0.717, 1.165) is 18.8 Å². The van der Waals surface area contributed by atoms with Gasteiger partial charge in [0, 0.05) is 18.6 Å². The number of hydrogen-bond donors (Lipinski definition) is 1. The van der Waals surface area contributed by atoms with E-state index in [0.29, 0.717) is 22.7 Å². The zero-order chi connectivity index (χ0) is 13.8. The summed E-state index contributed by atoms with van der Waals surface area (Å²) in [6.45, 7) is 6.32. The Morgan fingerprint density at radius 2 is 2.32 bits per heavy atom. The van der Waals surface area contributed by atoms with Crippen molar-refractivity contribution in [2.45, 2.75) is 38.8 Å². The SMILES string of the molecule is CC(C)N(CC1CCCN1)c1cccc(Cl)c1C#N. The van der Waals surface area contributed by atoms with E-state index in [1.54, 1.807) is 6.07 Å². The number of benzene rings is 1. The number of nitrogens with zero attached hydrogens (tertiary/aromatic N) is 2. The normalized spacial score (nSPS) is 18.6. The third-order valence-electron chi connectivity index (χ3n) is 3.62. The van der Waals surface area contributed by atoms with Crippen molar-refractivity contribution in [1.29, 1.82) is 5.26 Å². The van der Waals surface area contributed by atoms with Crippen molar-refractivity contribution in [3.8, 4) is 6.07 Å². The molecule has 0 amide bonds. The van der Waals surface area contributed by atoms with E-state index >= 15 is 0 Å². The molecule has 0 spiro atoms. The molecule has 1 aliphatic rings. The number of halogens is 1. The van der Waals surface area contributed by atoms with E-state index < -0.39 is 0 Å². The second-order valence-corrected chi connectivity index (χ2v) is 5.69. The van der Waals surface area contributed by atoms with Gasteiger partial charge in [-0.2, -0.15) is 5.26 Å². The van der Waals surface area contributed by atoms with E-state index in [-0.39, 0.29) is 0 Å². The van der Waals surface area contributed by atoms with Crippen molar-refractivity contribution in [2.24, 2.45) is 0 Å². The first kappa shape index (κ1) is 14.2. The molecule has 0 aromatic heterocycles. The van der Waals surface area contributed by atoms with Crippen LogP contribution in [-0.4, -0.2) is 25.2 Å². The van der Waals surface area contributed by atoms with Crippen LogP contribution in [0.1, 0.15) is 32.3 Å². The molecule has 1 atom stereocenters. The lowest BCUT2D eigenvalue weighted by Gasteiger charge is -2.32. The lowest BCUT2D eigenvalue weighted by atomic mass is 10.1. The summed E-state index contributed by atoms with van der Waals surface area (Å²) in [4.78, 5) is 2.27. The maximum absolute atomic E-state index is 9.31. The second-order valence-electron chi connectivity index (χ2n) is 5.29. The Morgan fingerprint density at radius 3 is 2.89 bits per heavy atom. The fraction of sp³-hybridized carbons (Fsp3) is 0.533. The van der Waals surface area contributed by atoms with E-state index in [2.05, 4.69) is 30.1 Å². The van der Waals surface area contributed by atoms with Gasteiger partial charge < -0.3 is 10.2 Å². The van der Waals surface area contributed by atoms with Crippen LogP contribution in [0.15, 0.2) is 18.2 Å². The quantitative estimate of drug-likeness (QED) is 0.919. The number of hydrogen-bond acceptors (Lipinski definition) is 3. The smallest absolute Gasteiger partial charge is 0.103 e. The number of anilines is 1. The monoisotopic (exact) mass is 277 g/mol. The second kappa shape index (κ2) is 6.27. The average molecular weight is 278 g/mol. The lowest BCUT2D eigenvalue weighted by Crippen LogP contribution is -2.41. The molecule has 0 radical (unpaired) electrons. The highest BCUT2D eigenvalue weighted by Gasteiger charge is 2.22. The minimum absolute atomic E-state index is 0.341. The first-order chi connectivity index (χ1) is 9.13. The molecule has 1 heterocycles. The Kier molecular flexibility index (Phi) is 4.68. The predicted octanol–water partition coefficient (Wildman–Crippen LogP) is 3.18. The van der Waals surface area contributed by atoms with Crippen LogP contribution in [0.25, 0.3) is 0 Å². The molecule has 1 aliphatic heterocycles. The van der Waals surface area contributed by atoms with Gasteiger partial charge in [-0.1, -0.05) is 17.7 Å². The Labute approximate surface area is 120 Å².